The van der Waals surface area contributed by atoms with Gasteiger partial charge in [-0.25, -0.2) is 8.42 Å². The third-order valence-corrected chi connectivity index (χ3v) is 8.97. The fraction of sp³-hybridized carbons (Fsp3) is 0.385. The number of hydrogen-bond acceptors (Lipinski definition) is 5. The Kier molecular flexibility index (Phi) is 6.27. The van der Waals surface area contributed by atoms with Gasteiger partial charge in [-0.2, -0.15) is 4.31 Å². The Morgan fingerprint density at radius 2 is 1.62 bits per heavy atom. The van der Waals surface area contributed by atoms with E-state index in [1.807, 2.05) is 54.3 Å². The smallest absolute Gasteiger partial charge is 0.243 e. The molecule has 7 nitrogen and oxygen atoms in total. The minimum atomic E-state index is -3.61. The number of rotatable bonds is 4. The molecule has 0 saturated carbocycles. The van der Waals surface area contributed by atoms with Crippen molar-refractivity contribution in [3.63, 3.8) is 0 Å². The zero-order valence-corrected chi connectivity index (χ0v) is 20.2. The number of hydrogen-bond donors (Lipinski definition) is 0. The predicted octanol–water partition coefficient (Wildman–Crippen LogP) is 3.37. The maximum Gasteiger partial charge on any atom is 0.243 e. The molecule has 2 saturated heterocycles. The van der Waals surface area contributed by atoms with Crippen LogP contribution in [0.25, 0.3) is 10.8 Å². The minimum Gasteiger partial charge on any atom is -0.371 e. The number of carbonyl (C=O) groups excluding carboxylic acids is 1. The highest BCUT2D eigenvalue weighted by Crippen LogP contribution is 2.28. The van der Waals surface area contributed by atoms with Gasteiger partial charge in [-0.1, -0.05) is 30.3 Å². The Morgan fingerprint density at radius 1 is 0.912 bits per heavy atom. The van der Waals surface area contributed by atoms with Crippen LogP contribution in [0.1, 0.15) is 19.8 Å². The molecule has 0 N–H and O–H groups in total. The molecule has 0 aliphatic carbocycles. The van der Waals surface area contributed by atoms with Crippen LogP contribution >= 0.6 is 0 Å². The molecule has 178 valence electrons. The third kappa shape index (κ3) is 4.40. The lowest BCUT2D eigenvalue weighted by molar-refractivity contribution is -0.139. The zero-order valence-electron chi connectivity index (χ0n) is 19.4. The standard InChI is InChI=1S/C26H30N4O3S/c1-20-19-29(34(32,33)25-7-6-21-4-2-3-5-23(21)18-25)16-17-30(20)26(31)22-10-14-28(15-11-22)24-8-12-27-13-9-24/h2-9,12-13,18,20,22H,10-11,14-17,19H2,1H3. The normalized spacial score (nSPS) is 20.6. The van der Waals surface area contributed by atoms with Gasteiger partial charge in [0, 0.05) is 62.8 Å². The van der Waals surface area contributed by atoms with Crippen LogP contribution in [0.2, 0.25) is 0 Å². The Labute approximate surface area is 201 Å². The minimum absolute atomic E-state index is 0.0100. The average Bonchev–Trinajstić information content (AvgIpc) is 2.88. The van der Waals surface area contributed by atoms with Crippen molar-refractivity contribution < 1.29 is 13.2 Å². The van der Waals surface area contributed by atoms with Crippen molar-refractivity contribution in [3.8, 4) is 0 Å². The van der Waals surface area contributed by atoms with Gasteiger partial charge in [0.1, 0.15) is 0 Å². The van der Waals surface area contributed by atoms with Gasteiger partial charge < -0.3 is 9.80 Å². The van der Waals surface area contributed by atoms with Gasteiger partial charge in [0.25, 0.3) is 0 Å². The molecule has 34 heavy (non-hydrogen) atoms. The number of carbonyl (C=O) groups is 1. The molecule has 8 heteroatoms. The van der Waals surface area contributed by atoms with Gasteiger partial charge >= 0.3 is 0 Å². The Morgan fingerprint density at radius 3 is 2.32 bits per heavy atom. The van der Waals surface area contributed by atoms with E-state index in [0.29, 0.717) is 24.5 Å². The fourth-order valence-corrected chi connectivity index (χ4v) is 6.67. The number of benzene rings is 2. The van der Waals surface area contributed by atoms with Gasteiger partial charge in [0.15, 0.2) is 0 Å². The van der Waals surface area contributed by atoms with E-state index in [9.17, 15) is 13.2 Å². The monoisotopic (exact) mass is 478 g/mol. The van der Waals surface area contributed by atoms with Gasteiger partial charge in [0.05, 0.1) is 4.90 Å². The SMILES string of the molecule is CC1CN(S(=O)(=O)c2ccc3ccccc3c2)CCN1C(=O)C1CCN(c2ccncc2)CC1. The van der Waals surface area contributed by atoms with Crippen LogP contribution in [0.15, 0.2) is 71.9 Å². The number of piperidine rings is 1. The summed E-state index contributed by atoms with van der Waals surface area (Å²) >= 11 is 0. The number of piperazine rings is 1. The molecule has 1 amide bonds. The van der Waals surface area contributed by atoms with E-state index < -0.39 is 10.0 Å². The highest BCUT2D eigenvalue weighted by molar-refractivity contribution is 7.89. The van der Waals surface area contributed by atoms with E-state index in [1.165, 1.54) is 4.31 Å². The molecular weight excluding hydrogens is 448 g/mol. The van der Waals surface area contributed by atoms with Gasteiger partial charge in [-0.15, -0.1) is 0 Å². The lowest BCUT2D eigenvalue weighted by Crippen LogP contribution is -2.57. The van der Waals surface area contributed by atoms with E-state index in [1.54, 1.807) is 24.5 Å². The first-order chi connectivity index (χ1) is 16.4. The van der Waals surface area contributed by atoms with E-state index in [4.69, 9.17) is 0 Å². The lowest BCUT2D eigenvalue weighted by atomic mass is 9.94. The highest BCUT2D eigenvalue weighted by atomic mass is 32.2. The van der Waals surface area contributed by atoms with E-state index >= 15 is 0 Å². The Balaban J connectivity index is 1.22. The molecule has 1 aromatic heterocycles. The molecule has 0 radical (unpaired) electrons. The van der Waals surface area contributed by atoms with Crippen molar-refractivity contribution in [2.45, 2.75) is 30.7 Å². The number of sulfonamides is 1. The van der Waals surface area contributed by atoms with Gasteiger partial charge in [-0.3, -0.25) is 9.78 Å². The third-order valence-electron chi connectivity index (χ3n) is 7.10. The van der Waals surface area contributed by atoms with Crippen molar-refractivity contribution >= 4 is 32.4 Å². The van der Waals surface area contributed by atoms with E-state index in [-0.39, 0.29) is 17.9 Å². The molecular formula is C26H30N4O3S. The Hall–Kier alpha value is -2.97. The molecule has 2 aliphatic rings. The lowest BCUT2D eigenvalue weighted by Gasteiger charge is -2.42. The van der Waals surface area contributed by atoms with Crippen LogP contribution in [0.4, 0.5) is 5.69 Å². The largest absolute Gasteiger partial charge is 0.371 e. The van der Waals surface area contributed by atoms with E-state index in [0.717, 1.165) is 42.4 Å². The fourth-order valence-electron chi connectivity index (χ4n) is 5.12. The van der Waals surface area contributed by atoms with Crippen LogP contribution in [0, 0.1) is 5.92 Å². The summed E-state index contributed by atoms with van der Waals surface area (Å²) in [5, 5.41) is 1.92. The second-order valence-electron chi connectivity index (χ2n) is 9.22. The summed E-state index contributed by atoms with van der Waals surface area (Å²) in [5.74, 6) is 0.147. The van der Waals surface area contributed by atoms with Crippen LogP contribution in [0.5, 0.6) is 0 Å². The number of nitrogens with zero attached hydrogens (tertiary/aromatic N) is 4. The number of aromatic nitrogens is 1. The number of pyridine rings is 1. The number of anilines is 1. The van der Waals surface area contributed by atoms with Gasteiger partial charge in [-0.05, 0) is 54.8 Å². The summed E-state index contributed by atoms with van der Waals surface area (Å²) < 4.78 is 28.2. The van der Waals surface area contributed by atoms with Crippen LogP contribution in [-0.2, 0) is 14.8 Å². The first-order valence-corrected chi connectivity index (χ1v) is 13.3. The van der Waals surface area contributed by atoms with Crippen molar-refractivity contribution in [1.82, 2.24) is 14.2 Å². The molecule has 2 aromatic carbocycles. The van der Waals surface area contributed by atoms with Crippen molar-refractivity contribution in [3.05, 3.63) is 67.0 Å². The van der Waals surface area contributed by atoms with E-state index in [2.05, 4.69) is 9.88 Å². The maximum absolute atomic E-state index is 13.3. The van der Waals surface area contributed by atoms with Crippen LogP contribution < -0.4 is 4.90 Å². The molecule has 3 heterocycles. The second-order valence-corrected chi connectivity index (χ2v) is 11.2. The summed E-state index contributed by atoms with van der Waals surface area (Å²) in [5.41, 5.74) is 1.14. The quantitative estimate of drug-likeness (QED) is 0.575. The molecule has 3 aromatic rings. The molecule has 2 fully saturated rings. The number of fused-ring (bicyclic) bond motifs is 1. The Bertz CT molecular complexity index is 1270. The van der Waals surface area contributed by atoms with Crippen molar-refractivity contribution in [2.24, 2.45) is 5.92 Å². The summed E-state index contributed by atoms with van der Waals surface area (Å²) in [6.45, 7) is 4.69. The summed E-state index contributed by atoms with van der Waals surface area (Å²) in [6.07, 6.45) is 5.20. The summed E-state index contributed by atoms with van der Waals surface area (Å²) in [4.78, 5) is 21.9. The summed E-state index contributed by atoms with van der Waals surface area (Å²) in [6, 6.07) is 16.9. The molecule has 0 bridgehead atoms. The molecule has 0 spiro atoms. The second kappa shape index (κ2) is 9.35. The van der Waals surface area contributed by atoms with Crippen LogP contribution in [0.3, 0.4) is 0 Å². The predicted molar refractivity (Wildman–Crippen MR) is 133 cm³/mol. The molecule has 5 rings (SSSR count). The van der Waals surface area contributed by atoms with Crippen LogP contribution in [-0.4, -0.2) is 67.3 Å². The molecule has 1 unspecified atom stereocenters. The molecule has 1 atom stereocenters. The van der Waals surface area contributed by atoms with Gasteiger partial charge in [0.2, 0.25) is 15.9 Å². The summed E-state index contributed by atoms with van der Waals surface area (Å²) in [7, 11) is -3.61. The molecule has 2 aliphatic heterocycles. The number of amides is 1. The average molecular weight is 479 g/mol. The first kappa shape index (κ1) is 22.8. The first-order valence-electron chi connectivity index (χ1n) is 11.9. The highest BCUT2D eigenvalue weighted by Gasteiger charge is 2.37. The zero-order chi connectivity index (χ0) is 23.7. The van der Waals surface area contributed by atoms with Crippen molar-refractivity contribution in [1.29, 1.82) is 0 Å². The topological polar surface area (TPSA) is 73.8 Å². The van der Waals surface area contributed by atoms with Crippen molar-refractivity contribution in [2.75, 3.05) is 37.6 Å². The maximum atomic E-state index is 13.3.